The smallest absolute Gasteiger partial charge is 0.185 e. The van der Waals surface area contributed by atoms with E-state index in [-0.39, 0.29) is 5.78 Å². The first kappa shape index (κ1) is 16.7. The van der Waals surface area contributed by atoms with Crippen LogP contribution < -0.4 is 0 Å². The Balaban J connectivity index is 1.77. The number of allylic oxidation sites excluding steroid dienone is 1. The number of carbonyl (C=O) groups is 1. The van der Waals surface area contributed by atoms with Gasteiger partial charge in [-0.25, -0.2) is 0 Å². The van der Waals surface area contributed by atoms with Crippen LogP contribution in [0.4, 0.5) is 0 Å². The van der Waals surface area contributed by atoms with Crippen molar-refractivity contribution in [3.05, 3.63) is 95.1 Å². The minimum Gasteiger partial charge on any atom is -0.507 e. The van der Waals surface area contributed by atoms with Crippen molar-refractivity contribution in [1.29, 1.82) is 0 Å². The number of ketones is 1. The van der Waals surface area contributed by atoms with Crippen LogP contribution in [-0.4, -0.2) is 10.9 Å². The van der Waals surface area contributed by atoms with E-state index in [1.165, 1.54) is 0 Å². The van der Waals surface area contributed by atoms with E-state index < -0.39 is 0 Å². The highest BCUT2D eigenvalue weighted by molar-refractivity contribution is 6.07. The van der Waals surface area contributed by atoms with Gasteiger partial charge in [0.05, 0.1) is 0 Å². The van der Waals surface area contributed by atoms with Crippen LogP contribution in [0.25, 0.3) is 17.2 Å². The molecular weight excluding hydrogens is 308 g/mol. The van der Waals surface area contributed by atoms with Crippen LogP contribution in [0.5, 0.6) is 5.75 Å². The van der Waals surface area contributed by atoms with Crippen molar-refractivity contribution >= 4 is 11.9 Å². The summed E-state index contributed by atoms with van der Waals surface area (Å²) >= 11 is 0. The molecule has 0 unspecified atom stereocenters. The van der Waals surface area contributed by atoms with Gasteiger partial charge in [-0.15, -0.1) is 0 Å². The van der Waals surface area contributed by atoms with Crippen molar-refractivity contribution in [3.63, 3.8) is 0 Å². The van der Waals surface area contributed by atoms with Gasteiger partial charge in [0, 0.05) is 5.56 Å². The molecule has 2 nitrogen and oxygen atoms in total. The molecule has 1 N–H and O–H groups in total. The molecule has 0 heterocycles. The van der Waals surface area contributed by atoms with Gasteiger partial charge in [0.15, 0.2) is 5.78 Å². The van der Waals surface area contributed by atoms with E-state index >= 15 is 0 Å². The summed E-state index contributed by atoms with van der Waals surface area (Å²) in [5.74, 6) is 0.267. The Morgan fingerprint density at radius 1 is 0.840 bits per heavy atom. The van der Waals surface area contributed by atoms with Crippen molar-refractivity contribution in [2.75, 3.05) is 0 Å². The van der Waals surface area contributed by atoms with Crippen LogP contribution in [-0.2, 0) is 0 Å². The molecule has 3 aromatic carbocycles. The van der Waals surface area contributed by atoms with E-state index in [2.05, 4.69) is 0 Å². The van der Waals surface area contributed by atoms with Gasteiger partial charge in [-0.2, -0.15) is 0 Å². The average Bonchev–Trinajstić information content (AvgIpc) is 2.65. The standard InChI is InChI=1S/C23H20O2/c1-16-14-18(15-17(2)23(16)25)8-13-22(24)21-11-9-20(10-12-21)19-6-4-3-5-7-19/h3-15,25H,1-2H3/b13-8+. The van der Waals surface area contributed by atoms with E-state index in [1.54, 1.807) is 12.2 Å². The predicted octanol–water partition coefficient (Wildman–Crippen LogP) is 5.57. The summed E-state index contributed by atoms with van der Waals surface area (Å²) in [6.07, 6.45) is 3.36. The molecule has 0 saturated heterocycles. The first-order valence-corrected chi connectivity index (χ1v) is 8.23. The number of carbonyl (C=O) groups excluding carboxylic acids is 1. The third kappa shape index (κ3) is 3.86. The highest BCUT2D eigenvalue weighted by atomic mass is 16.3. The molecule has 0 fully saturated rings. The molecule has 0 aliphatic rings. The van der Waals surface area contributed by atoms with E-state index in [1.807, 2.05) is 80.6 Å². The maximum atomic E-state index is 12.4. The summed E-state index contributed by atoms with van der Waals surface area (Å²) in [4.78, 5) is 12.4. The molecule has 25 heavy (non-hydrogen) atoms. The Morgan fingerprint density at radius 2 is 1.40 bits per heavy atom. The summed E-state index contributed by atoms with van der Waals surface area (Å²) in [5.41, 5.74) is 5.39. The monoisotopic (exact) mass is 328 g/mol. The van der Waals surface area contributed by atoms with Crippen LogP contribution in [0, 0.1) is 13.8 Å². The van der Waals surface area contributed by atoms with Crippen LogP contribution in [0.3, 0.4) is 0 Å². The molecule has 0 amide bonds. The predicted molar refractivity (Wildman–Crippen MR) is 103 cm³/mol. The van der Waals surface area contributed by atoms with E-state index in [4.69, 9.17) is 0 Å². The van der Waals surface area contributed by atoms with Crippen molar-refractivity contribution < 1.29 is 9.90 Å². The maximum Gasteiger partial charge on any atom is 0.185 e. The zero-order valence-corrected chi connectivity index (χ0v) is 14.4. The first-order valence-electron chi connectivity index (χ1n) is 8.23. The molecule has 0 aromatic heterocycles. The van der Waals surface area contributed by atoms with Gasteiger partial charge < -0.3 is 5.11 Å². The molecular formula is C23H20O2. The van der Waals surface area contributed by atoms with Gasteiger partial charge in [-0.3, -0.25) is 4.79 Å². The van der Waals surface area contributed by atoms with Crippen molar-refractivity contribution in [1.82, 2.24) is 0 Å². The first-order chi connectivity index (χ1) is 12.0. The van der Waals surface area contributed by atoms with Crippen LogP contribution >= 0.6 is 0 Å². The zero-order valence-electron chi connectivity index (χ0n) is 14.4. The molecule has 124 valence electrons. The van der Waals surface area contributed by atoms with Gasteiger partial charge in [0.25, 0.3) is 0 Å². The third-order valence-corrected chi connectivity index (χ3v) is 4.22. The zero-order chi connectivity index (χ0) is 17.8. The Labute approximate surface area is 148 Å². The van der Waals surface area contributed by atoms with E-state index in [9.17, 15) is 9.90 Å². The molecule has 0 spiro atoms. The third-order valence-electron chi connectivity index (χ3n) is 4.22. The average molecular weight is 328 g/mol. The second kappa shape index (κ2) is 7.18. The number of hydrogen-bond acceptors (Lipinski definition) is 2. The number of phenolic OH excluding ortho intramolecular Hbond substituents is 1. The van der Waals surface area contributed by atoms with E-state index in [0.29, 0.717) is 11.3 Å². The molecule has 0 atom stereocenters. The lowest BCUT2D eigenvalue weighted by molar-refractivity contribution is 0.104. The van der Waals surface area contributed by atoms with Gasteiger partial charge in [-0.05, 0) is 59.9 Å². The fourth-order valence-corrected chi connectivity index (χ4v) is 2.81. The molecule has 3 rings (SSSR count). The highest BCUT2D eigenvalue weighted by Gasteiger charge is 2.05. The van der Waals surface area contributed by atoms with Crippen LogP contribution in [0.15, 0.2) is 72.8 Å². The summed E-state index contributed by atoms with van der Waals surface area (Å²) in [5, 5.41) is 9.82. The maximum absolute atomic E-state index is 12.4. The lowest BCUT2D eigenvalue weighted by Gasteiger charge is -2.05. The summed E-state index contributed by atoms with van der Waals surface area (Å²) < 4.78 is 0. The second-order valence-electron chi connectivity index (χ2n) is 6.14. The normalized spacial score (nSPS) is 11.0. The van der Waals surface area contributed by atoms with Crippen molar-refractivity contribution in [3.8, 4) is 16.9 Å². The lowest BCUT2D eigenvalue weighted by Crippen LogP contribution is -1.94. The Hall–Kier alpha value is -3.13. The van der Waals surface area contributed by atoms with Gasteiger partial charge in [0.1, 0.15) is 5.75 Å². The van der Waals surface area contributed by atoms with Gasteiger partial charge in [-0.1, -0.05) is 60.7 Å². The Bertz CT molecular complexity index is 897. The van der Waals surface area contributed by atoms with Crippen LogP contribution in [0.2, 0.25) is 0 Å². The van der Waals surface area contributed by atoms with E-state index in [0.717, 1.165) is 27.8 Å². The number of phenols is 1. The number of aromatic hydroxyl groups is 1. The topological polar surface area (TPSA) is 37.3 Å². The Morgan fingerprint density at radius 3 is 2.00 bits per heavy atom. The number of rotatable bonds is 4. The van der Waals surface area contributed by atoms with Crippen molar-refractivity contribution in [2.45, 2.75) is 13.8 Å². The molecule has 0 bridgehead atoms. The quantitative estimate of drug-likeness (QED) is 0.502. The lowest BCUT2D eigenvalue weighted by atomic mass is 10.0. The molecule has 0 radical (unpaired) electrons. The summed E-state index contributed by atoms with van der Waals surface area (Å²) in [6.45, 7) is 3.70. The van der Waals surface area contributed by atoms with Gasteiger partial charge >= 0.3 is 0 Å². The minimum absolute atomic E-state index is 0.0389. The van der Waals surface area contributed by atoms with Gasteiger partial charge in [0.2, 0.25) is 0 Å². The largest absolute Gasteiger partial charge is 0.507 e. The molecule has 0 aliphatic heterocycles. The minimum atomic E-state index is -0.0389. The highest BCUT2D eigenvalue weighted by Crippen LogP contribution is 2.24. The number of hydrogen-bond donors (Lipinski definition) is 1. The Kier molecular flexibility index (Phi) is 4.80. The number of benzene rings is 3. The SMILES string of the molecule is Cc1cc(/C=C/C(=O)c2ccc(-c3ccccc3)cc2)cc(C)c1O. The molecule has 2 heteroatoms. The fraction of sp³-hybridized carbons (Fsp3) is 0.0870. The molecule has 0 saturated carbocycles. The second-order valence-corrected chi connectivity index (χ2v) is 6.14. The summed E-state index contributed by atoms with van der Waals surface area (Å²) in [6, 6.07) is 21.4. The molecule has 0 aliphatic carbocycles. The van der Waals surface area contributed by atoms with Crippen LogP contribution in [0.1, 0.15) is 27.0 Å². The number of aryl methyl sites for hydroxylation is 2. The fourth-order valence-electron chi connectivity index (χ4n) is 2.81. The van der Waals surface area contributed by atoms with Crippen molar-refractivity contribution in [2.24, 2.45) is 0 Å². The molecule has 3 aromatic rings. The summed E-state index contributed by atoms with van der Waals surface area (Å²) in [7, 11) is 0.